The Morgan fingerprint density at radius 3 is 1.94 bits per heavy atom. The minimum atomic E-state index is -1.74. The van der Waals surface area contributed by atoms with Crippen LogP contribution in [0.1, 0.15) is 12.8 Å². The van der Waals surface area contributed by atoms with Gasteiger partial charge in [-0.2, -0.15) is 0 Å². The predicted molar refractivity (Wildman–Crippen MR) is 67.0 cm³/mol. The van der Waals surface area contributed by atoms with Crippen molar-refractivity contribution in [2.45, 2.75) is 18.4 Å². The lowest BCUT2D eigenvalue weighted by Gasteiger charge is -2.31. The van der Waals surface area contributed by atoms with Crippen molar-refractivity contribution in [3.05, 3.63) is 59.4 Å². The highest BCUT2D eigenvalue weighted by Gasteiger charge is 2.43. The van der Waals surface area contributed by atoms with Gasteiger partial charge in [-0.15, -0.1) is 0 Å². The van der Waals surface area contributed by atoms with Crippen molar-refractivity contribution in [2.75, 3.05) is 0 Å². The average molecular weight is 246 g/mol. The van der Waals surface area contributed by atoms with E-state index >= 15 is 0 Å². The van der Waals surface area contributed by atoms with E-state index in [4.69, 9.17) is 10.2 Å². The van der Waals surface area contributed by atoms with Crippen LogP contribution in [0.4, 0.5) is 0 Å². The van der Waals surface area contributed by atoms with Crippen LogP contribution in [0.5, 0.6) is 0 Å². The highest BCUT2D eigenvalue weighted by molar-refractivity contribution is 5.91. The lowest BCUT2D eigenvalue weighted by Crippen LogP contribution is -2.38. The summed E-state index contributed by atoms with van der Waals surface area (Å²) in [5.74, 6) is -1.33. The third kappa shape index (κ3) is 1.80. The van der Waals surface area contributed by atoms with Crippen LogP contribution in [0.3, 0.4) is 0 Å². The van der Waals surface area contributed by atoms with Gasteiger partial charge in [0.1, 0.15) is 11.2 Å². The minimum absolute atomic E-state index is 0.424. The molecule has 0 spiro atoms. The van der Waals surface area contributed by atoms with Crippen molar-refractivity contribution in [3.63, 3.8) is 0 Å². The zero-order valence-electron chi connectivity index (χ0n) is 9.71. The van der Waals surface area contributed by atoms with E-state index in [9.17, 15) is 9.90 Å². The summed E-state index contributed by atoms with van der Waals surface area (Å²) in [6.45, 7) is 0. The Kier molecular flexibility index (Phi) is 3.21. The SMILES string of the molecule is O=C(O)C(=CO)C(O)(C1=CC=CC1)C1=CC=CC1. The van der Waals surface area contributed by atoms with Gasteiger partial charge in [-0.05, 0) is 24.0 Å². The first kappa shape index (κ1) is 12.4. The number of carboxylic acid groups (broad SMARTS) is 1. The van der Waals surface area contributed by atoms with E-state index in [2.05, 4.69) is 0 Å². The third-order valence-corrected chi connectivity index (χ3v) is 3.22. The van der Waals surface area contributed by atoms with Gasteiger partial charge >= 0.3 is 5.97 Å². The molecule has 0 aliphatic heterocycles. The number of hydrogen-bond acceptors (Lipinski definition) is 3. The largest absolute Gasteiger partial charge is 0.515 e. The minimum Gasteiger partial charge on any atom is -0.515 e. The van der Waals surface area contributed by atoms with Gasteiger partial charge in [0.15, 0.2) is 0 Å². The fraction of sp³-hybridized carbons (Fsp3) is 0.214. The van der Waals surface area contributed by atoms with E-state index in [1.54, 1.807) is 24.3 Å². The molecule has 0 aromatic rings. The van der Waals surface area contributed by atoms with E-state index in [0.29, 0.717) is 30.2 Å². The molecule has 0 saturated heterocycles. The van der Waals surface area contributed by atoms with E-state index in [1.807, 2.05) is 12.2 Å². The molecule has 0 bridgehead atoms. The van der Waals surface area contributed by atoms with Crippen molar-refractivity contribution >= 4 is 5.97 Å². The maximum absolute atomic E-state index is 11.2. The maximum Gasteiger partial charge on any atom is 0.338 e. The standard InChI is InChI=1S/C14H14O4/c15-9-12(13(16)17)14(18,10-5-1-2-6-10)11-7-3-4-8-11/h1-5,7,9,15,18H,6,8H2,(H,16,17). The maximum atomic E-state index is 11.2. The number of allylic oxidation sites excluding steroid dienone is 6. The molecule has 2 aliphatic rings. The summed E-state index contributed by atoms with van der Waals surface area (Å²) in [5, 5.41) is 29.1. The fourth-order valence-electron chi connectivity index (χ4n) is 2.29. The summed E-state index contributed by atoms with van der Waals surface area (Å²) in [5.41, 5.74) is -1.05. The second kappa shape index (κ2) is 4.66. The molecule has 2 rings (SSSR count). The Bertz CT molecular complexity index is 488. The molecule has 3 N–H and O–H groups in total. The first-order valence-electron chi connectivity index (χ1n) is 5.63. The highest BCUT2D eigenvalue weighted by atomic mass is 16.4. The van der Waals surface area contributed by atoms with Crippen molar-refractivity contribution in [3.8, 4) is 0 Å². The molecule has 0 aromatic carbocycles. The van der Waals surface area contributed by atoms with Gasteiger partial charge in [0.05, 0.1) is 6.26 Å². The van der Waals surface area contributed by atoms with Crippen LogP contribution in [0.2, 0.25) is 0 Å². The Morgan fingerprint density at radius 1 is 1.17 bits per heavy atom. The Hall–Kier alpha value is -2.07. The molecule has 2 aliphatic carbocycles. The molecule has 0 heterocycles. The van der Waals surface area contributed by atoms with E-state index < -0.39 is 17.1 Å². The van der Waals surface area contributed by atoms with Gasteiger partial charge in [0.2, 0.25) is 0 Å². The summed E-state index contributed by atoms with van der Waals surface area (Å²) in [6.07, 6.45) is 12.0. The first-order chi connectivity index (χ1) is 8.60. The zero-order valence-corrected chi connectivity index (χ0v) is 9.71. The first-order valence-corrected chi connectivity index (χ1v) is 5.63. The molecule has 4 heteroatoms. The molecule has 0 saturated carbocycles. The van der Waals surface area contributed by atoms with Crippen LogP contribution in [-0.4, -0.2) is 26.9 Å². The molecule has 0 aromatic heterocycles. The number of carboxylic acids is 1. The van der Waals surface area contributed by atoms with Gasteiger partial charge < -0.3 is 15.3 Å². The summed E-state index contributed by atoms with van der Waals surface area (Å²) < 4.78 is 0. The molecule has 0 atom stereocenters. The second-order valence-electron chi connectivity index (χ2n) is 4.21. The van der Waals surface area contributed by atoms with E-state index in [-0.39, 0.29) is 0 Å². The Balaban J connectivity index is 2.49. The average Bonchev–Trinajstić information content (AvgIpc) is 3.03. The topological polar surface area (TPSA) is 77.8 Å². The van der Waals surface area contributed by atoms with Crippen LogP contribution in [-0.2, 0) is 4.79 Å². The molecule has 0 radical (unpaired) electrons. The van der Waals surface area contributed by atoms with E-state index in [0.717, 1.165) is 0 Å². The fourth-order valence-corrected chi connectivity index (χ4v) is 2.29. The van der Waals surface area contributed by atoms with Crippen LogP contribution in [0.25, 0.3) is 0 Å². The van der Waals surface area contributed by atoms with Crippen molar-refractivity contribution in [1.82, 2.24) is 0 Å². The number of carbonyl (C=O) groups is 1. The number of aliphatic hydroxyl groups is 2. The van der Waals surface area contributed by atoms with E-state index in [1.165, 1.54) is 0 Å². The number of rotatable bonds is 4. The molecule has 94 valence electrons. The van der Waals surface area contributed by atoms with Gasteiger partial charge in [0.25, 0.3) is 0 Å². The summed E-state index contributed by atoms with van der Waals surface area (Å²) in [6, 6.07) is 0. The summed E-state index contributed by atoms with van der Waals surface area (Å²) in [4.78, 5) is 11.2. The Morgan fingerprint density at radius 2 is 1.67 bits per heavy atom. The van der Waals surface area contributed by atoms with Crippen molar-refractivity contribution in [1.29, 1.82) is 0 Å². The molecular formula is C14H14O4. The number of aliphatic hydroxyl groups excluding tert-OH is 1. The zero-order chi connectivity index (χ0) is 13.2. The summed E-state index contributed by atoms with van der Waals surface area (Å²) in [7, 11) is 0. The van der Waals surface area contributed by atoms with Crippen LogP contribution >= 0.6 is 0 Å². The molecule has 18 heavy (non-hydrogen) atoms. The monoisotopic (exact) mass is 246 g/mol. The van der Waals surface area contributed by atoms with Crippen molar-refractivity contribution in [2.24, 2.45) is 0 Å². The lowest BCUT2D eigenvalue weighted by molar-refractivity contribution is -0.134. The smallest absolute Gasteiger partial charge is 0.338 e. The molecule has 0 unspecified atom stereocenters. The van der Waals surface area contributed by atoms with Gasteiger partial charge in [-0.25, -0.2) is 4.79 Å². The summed E-state index contributed by atoms with van der Waals surface area (Å²) >= 11 is 0. The van der Waals surface area contributed by atoms with Crippen LogP contribution in [0.15, 0.2) is 59.4 Å². The quantitative estimate of drug-likeness (QED) is 0.524. The predicted octanol–water partition coefficient (Wildman–Crippen LogP) is 2.02. The molecule has 0 fully saturated rings. The normalized spacial score (nSPS) is 19.1. The lowest BCUT2D eigenvalue weighted by atomic mass is 9.78. The molecule has 4 nitrogen and oxygen atoms in total. The molecular weight excluding hydrogens is 232 g/mol. The Labute approximate surface area is 105 Å². The number of hydrogen-bond donors (Lipinski definition) is 3. The number of aliphatic carboxylic acids is 1. The molecule has 0 amide bonds. The van der Waals surface area contributed by atoms with Crippen LogP contribution < -0.4 is 0 Å². The van der Waals surface area contributed by atoms with Gasteiger partial charge in [0, 0.05) is 0 Å². The van der Waals surface area contributed by atoms with Gasteiger partial charge in [-0.3, -0.25) is 0 Å². The van der Waals surface area contributed by atoms with Crippen molar-refractivity contribution < 1.29 is 20.1 Å². The second-order valence-corrected chi connectivity index (χ2v) is 4.21. The highest BCUT2D eigenvalue weighted by Crippen LogP contribution is 2.40. The third-order valence-electron chi connectivity index (χ3n) is 3.22. The van der Waals surface area contributed by atoms with Gasteiger partial charge in [-0.1, -0.05) is 36.5 Å². The van der Waals surface area contributed by atoms with Crippen LogP contribution in [0, 0.1) is 0 Å².